The lowest BCUT2D eigenvalue weighted by Crippen LogP contribution is -2.50. The zero-order valence-corrected chi connectivity index (χ0v) is 23.1. The summed E-state index contributed by atoms with van der Waals surface area (Å²) in [5, 5.41) is 14.9. The van der Waals surface area contributed by atoms with E-state index < -0.39 is 0 Å². The third-order valence-electron chi connectivity index (χ3n) is 6.84. The number of nitrogens with zero attached hydrogens (tertiary/aromatic N) is 1. The van der Waals surface area contributed by atoms with Crippen molar-refractivity contribution in [2.24, 2.45) is 0 Å². The molecule has 0 aromatic heterocycles. The number of amides is 1. The number of benzene rings is 2. The van der Waals surface area contributed by atoms with Crippen molar-refractivity contribution in [2.75, 3.05) is 45.2 Å². The predicted octanol–water partition coefficient (Wildman–Crippen LogP) is 4.66. The average molecular weight is 547 g/mol. The van der Waals surface area contributed by atoms with Crippen molar-refractivity contribution in [3.8, 4) is 5.75 Å². The van der Waals surface area contributed by atoms with Crippen molar-refractivity contribution in [2.45, 2.75) is 44.7 Å². The van der Waals surface area contributed by atoms with Crippen LogP contribution in [0, 0.1) is 0 Å². The summed E-state index contributed by atoms with van der Waals surface area (Å²) in [4.78, 5) is 15.2. The monoisotopic (exact) mass is 545 g/mol. The number of methoxy groups -OCH3 is 1. The van der Waals surface area contributed by atoms with Gasteiger partial charge in [-0.25, -0.2) is 0 Å². The minimum Gasteiger partial charge on any atom is -0.495 e. The molecular formula is C28H37Cl2N5O2. The lowest BCUT2D eigenvalue weighted by molar-refractivity contribution is 0.0954. The molecule has 37 heavy (non-hydrogen) atoms. The molecule has 7 nitrogen and oxygen atoms in total. The molecule has 0 bridgehead atoms. The number of carbonyl (C=O) groups excluding carboxylic acids is 1. The first-order chi connectivity index (χ1) is 17.9. The summed E-state index contributed by atoms with van der Waals surface area (Å²) >= 11 is 12.2. The molecule has 2 aromatic carbocycles. The Hall–Kier alpha value is -2.45. The maximum atomic E-state index is 12.8. The summed E-state index contributed by atoms with van der Waals surface area (Å²) in [6.45, 7) is 6.50. The minimum absolute atomic E-state index is 0.159. The van der Waals surface area contributed by atoms with E-state index in [2.05, 4.69) is 39.2 Å². The largest absolute Gasteiger partial charge is 0.495 e. The van der Waals surface area contributed by atoms with Gasteiger partial charge >= 0.3 is 0 Å². The average Bonchev–Trinajstić information content (AvgIpc) is 2.90. The Morgan fingerprint density at radius 3 is 2.76 bits per heavy atom. The highest BCUT2D eigenvalue weighted by atomic mass is 35.5. The van der Waals surface area contributed by atoms with E-state index in [0.29, 0.717) is 46.4 Å². The first-order valence-corrected chi connectivity index (χ1v) is 13.8. The van der Waals surface area contributed by atoms with Crippen LogP contribution in [-0.4, -0.2) is 62.7 Å². The van der Waals surface area contributed by atoms with Gasteiger partial charge in [0.25, 0.3) is 5.91 Å². The Labute approximate surface area is 229 Å². The summed E-state index contributed by atoms with van der Waals surface area (Å²) in [6, 6.07) is 11.7. The second-order valence-electron chi connectivity index (χ2n) is 9.69. The first kappa shape index (κ1) is 27.6. The molecule has 0 radical (unpaired) electrons. The molecule has 1 amide bonds. The fourth-order valence-corrected chi connectivity index (χ4v) is 5.30. The number of anilines is 1. The van der Waals surface area contributed by atoms with Crippen LogP contribution in [0.4, 0.5) is 5.69 Å². The van der Waals surface area contributed by atoms with E-state index in [4.69, 9.17) is 27.9 Å². The quantitative estimate of drug-likeness (QED) is 0.367. The van der Waals surface area contributed by atoms with Gasteiger partial charge in [0.15, 0.2) is 0 Å². The number of hydrogen-bond acceptors (Lipinski definition) is 6. The standard InChI is InChI=1S/C28H37Cl2N5O2/c1-19-18-35(14-13-31-19)27(17-23-5-3-4-11-32-23)34-25-9-7-21(15-26(25)37-2)28(36)33-12-10-20-6-8-22(29)16-24(20)30/h6-9,15-17,19,23,31-32,34H,3-5,10-14,18H2,1-2H3,(H,33,36)/t19-,23?/m0/s1. The number of rotatable bonds is 9. The zero-order chi connectivity index (χ0) is 26.2. The van der Waals surface area contributed by atoms with Gasteiger partial charge in [0.05, 0.1) is 12.8 Å². The maximum absolute atomic E-state index is 12.8. The van der Waals surface area contributed by atoms with Crippen LogP contribution in [0.15, 0.2) is 48.3 Å². The van der Waals surface area contributed by atoms with Crippen molar-refractivity contribution in [3.05, 3.63) is 69.5 Å². The summed E-state index contributed by atoms with van der Waals surface area (Å²) in [7, 11) is 1.63. The number of piperidine rings is 1. The Bertz CT molecular complexity index is 1100. The molecule has 2 saturated heterocycles. The highest BCUT2D eigenvalue weighted by molar-refractivity contribution is 6.35. The van der Waals surface area contributed by atoms with Crippen molar-refractivity contribution in [1.29, 1.82) is 0 Å². The van der Waals surface area contributed by atoms with Crippen LogP contribution in [0.2, 0.25) is 10.0 Å². The molecular weight excluding hydrogens is 509 g/mol. The van der Waals surface area contributed by atoms with Crippen LogP contribution in [0.25, 0.3) is 0 Å². The van der Waals surface area contributed by atoms with Gasteiger partial charge in [-0.3, -0.25) is 4.79 Å². The van der Waals surface area contributed by atoms with Crippen LogP contribution < -0.4 is 26.0 Å². The highest BCUT2D eigenvalue weighted by Crippen LogP contribution is 2.28. The number of piperazine rings is 1. The number of ether oxygens (including phenoxy) is 1. The molecule has 9 heteroatoms. The van der Waals surface area contributed by atoms with Crippen molar-refractivity contribution < 1.29 is 9.53 Å². The van der Waals surface area contributed by atoms with Crippen molar-refractivity contribution in [3.63, 3.8) is 0 Å². The number of carbonyl (C=O) groups is 1. The van der Waals surface area contributed by atoms with E-state index in [-0.39, 0.29) is 5.91 Å². The third kappa shape index (κ3) is 7.77. The summed E-state index contributed by atoms with van der Waals surface area (Å²) in [5.41, 5.74) is 2.32. The molecule has 2 aliphatic heterocycles. The van der Waals surface area contributed by atoms with Gasteiger partial charge < -0.3 is 30.9 Å². The lowest BCUT2D eigenvalue weighted by Gasteiger charge is -2.36. The van der Waals surface area contributed by atoms with E-state index in [1.807, 2.05) is 18.2 Å². The molecule has 0 spiro atoms. The molecule has 2 fully saturated rings. The van der Waals surface area contributed by atoms with Gasteiger partial charge in [0.1, 0.15) is 11.6 Å². The molecule has 0 saturated carbocycles. The lowest BCUT2D eigenvalue weighted by atomic mass is 10.0. The summed E-state index contributed by atoms with van der Waals surface area (Å²) in [5.74, 6) is 1.54. The molecule has 2 atom stereocenters. The molecule has 4 rings (SSSR count). The molecule has 2 aliphatic rings. The van der Waals surface area contributed by atoms with Gasteiger partial charge in [0, 0.05) is 53.9 Å². The Kier molecular flexibility index (Phi) is 9.97. The van der Waals surface area contributed by atoms with E-state index in [1.165, 1.54) is 12.8 Å². The molecule has 1 unspecified atom stereocenters. The third-order valence-corrected chi connectivity index (χ3v) is 7.43. The topological polar surface area (TPSA) is 77.7 Å². The van der Waals surface area contributed by atoms with Crippen LogP contribution in [0.3, 0.4) is 0 Å². The second kappa shape index (κ2) is 13.4. The second-order valence-corrected chi connectivity index (χ2v) is 10.5. The Morgan fingerprint density at radius 1 is 1.16 bits per heavy atom. The van der Waals surface area contributed by atoms with E-state index in [1.54, 1.807) is 25.3 Å². The minimum atomic E-state index is -0.159. The van der Waals surface area contributed by atoms with Gasteiger partial charge in [-0.2, -0.15) is 0 Å². The van der Waals surface area contributed by atoms with Crippen LogP contribution in [0.1, 0.15) is 42.1 Å². The van der Waals surface area contributed by atoms with Gasteiger partial charge in [-0.15, -0.1) is 0 Å². The van der Waals surface area contributed by atoms with Crippen molar-refractivity contribution in [1.82, 2.24) is 20.9 Å². The number of hydrogen-bond donors (Lipinski definition) is 4. The number of halogens is 2. The SMILES string of the molecule is COc1cc(C(=O)NCCc2ccc(Cl)cc2Cl)ccc1NC(=CC1CCCCN1)N1CCN[C@@H](C)C1. The Balaban J connectivity index is 1.44. The van der Waals surface area contributed by atoms with Gasteiger partial charge in [-0.05, 0) is 74.7 Å². The number of nitrogens with one attached hydrogen (secondary N) is 4. The molecule has 2 heterocycles. The van der Waals surface area contributed by atoms with Crippen LogP contribution in [-0.2, 0) is 6.42 Å². The van der Waals surface area contributed by atoms with E-state index in [0.717, 1.165) is 49.7 Å². The normalized spacial score (nSPS) is 20.4. The van der Waals surface area contributed by atoms with Crippen LogP contribution in [0.5, 0.6) is 5.75 Å². The van der Waals surface area contributed by atoms with Crippen LogP contribution >= 0.6 is 23.2 Å². The highest BCUT2D eigenvalue weighted by Gasteiger charge is 2.21. The molecule has 4 N–H and O–H groups in total. The zero-order valence-electron chi connectivity index (χ0n) is 21.6. The smallest absolute Gasteiger partial charge is 0.251 e. The van der Waals surface area contributed by atoms with Gasteiger partial charge in [-0.1, -0.05) is 35.7 Å². The fraction of sp³-hybridized carbons (Fsp3) is 0.464. The summed E-state index contributed by atoms with van der Waals surface area (Å²) < 4.78 is 5.69. The fourth-order valence-electron chi connectivity index (χ4n) is 4.80. The van der Waals surface area contributed by atoms with Crippen molar-refractivity contribution >= 4 is 34.8 Å². The van der Waals surface area contributed by atoms with E-state index in [9.17, 15) is 4.79 Å². The van der Waals surface area contributed by atoms with Gasteiger partial charge in [0.2, 0.25) is 0 Å². The first-order valence-electron chi connectivity index (χ1n) is 13.0. The maximum Gasteiger partial charge on any atom is 0.251 e. The molecule has 200 valence electrons. The molecule has 0 aliphatic carbocycles. The Morgan fingerprint density at radius 2 is 2.03 bits per heavy atom. The summed E-state index contributed by atoms with van der Waals surface area (Å²) in [6.07, 6.45) is 6.51. The molecule has 2 aromatic rings. The predicted molar refractivity (Wildman–Crippen MR) is 152 cm³/mol. The van der Waals surface area contributed by atoms with E-state index >= 15 is 0 Å².